The van der Waals surface area contributed by atoms with E-state index in [-0.39, 0.29) is 24.1 Å². The molecule has 0 aromatic heterocycles. The molecule has 21 heavy (non-hydrogen) atoms. The van der Waals surface area contributed by atoms with Gasteiger partial charge >= 0.3 is 12.0 Å². The lowest BCUT2D eigenvalue weighted by atomic mass is 10.2. The van der Waals surface area contributed by atoms with Gasteiger partial charge in [-0.3, -0.25) is 9.69 Å². The molecule has 1 heterocycles. The second-order valence-corrected chi connectivity index (χ2v) is 7.48. The van der Waals surface area contributed by atoms with Crippen LogP contribution in [0.2, 0.25) is 0 Å². The third kappa shape index (κ3) is 5.50. The van der Waals surface area contributed by atoms with E-state index >= 15 is 0 Å². The number of hydrogen-bond acceptors (Lipinski definition) is 5. The topological polar surface area (TPSA) is 107 Å². The van der Waals surface area contributed by atoms with Crippen LogP contribution in [0.15, 0.2) is 0 Å². The van der Waals surface area contributed by atoms with Gasteiger partial charge in [0.05, 0.1) is 5.75 Å². The van der Waals surface area contributed by atoms with E-state index in [0.29, 0.717) is 26.2 Å². The van der Waals surface area contributed by atoms with Crippen LogP contribution in [0.1, 0.15) is 13.8 Å². The van der Waals surface area contributed by atoms with E-state index in [4.69, 9.17) is 5.11 Å². The number of urea groups is 1. The van der Waals surface area contributed by atoms with Crippen molar-refractivity contribution in [2.45, 2.75) is 19.9 Å². The lowest BCUT2D eigenvalue weighted by Crippen LogP contribution is -2.55. The second-order valence-electron chi connectivity index (χ2n) is 5.01. The second kappa shape index (κ2) is 7.60. The van der Waals surface area contributed by atoms with E-state index in [0.717, 1.165) is 0 Å². The molecule has 0 aliphatic carbocycles. The molecule has 8 nitrogen and oxygen atoms in total. The summed E-state index contributed by atoms with van der Waals surface area (Å²) < 4.78 is 22.6. The molecule has 1 unspecified atom stereocenters. The third-order valence-corrected chi connectivity index (χ3v) is 5.34. The Kier molecular flexibility index (Phi) is 6.41. The van der Waals surface area contributed by atoms with Crippen molar-refractivity contribution in [2.75, 3.05) is 44.2 Å². The first kappa shape index (κ1) is 17.7. The summed E-state index contributed by atoms with van der Waals surface area (Å²) in [5, 5.41) is 11.5. The van der Waals surface area contributed by atoms with Crippen molar-refractivity contribution in [3.05, 3.63) is 0 Å². The number of sulfone groups is 1. The quantitative estimate of drug-likeness (QED) is 0.665. The average molecular weight is 321 g/mol. The molecule has 0 spiro atoms. The number of nitrogens with zero attached hydrogens (tertiary/aromatic N) is 2. The third-order valence-electron chi connectivity index (χ3n) is 3.64. The standard InChI is InChI=1S/C12H23N3O5S/c1-3-21(19,20)9-4-13-12(18)15-7-5-14(6-8-15)10(2)11(16)17/h10H,3-9H2,1-2H3,(H,13,18)(H,16,17). The van der Waals surface area contributed by atoms with Gasteiger partial charge in [-0.1, -0.05) is 6.92 Å². The fourth-order valence-corrected chi connectivity index (χ4v) is 2.74. The minimum absolute atomic E-state index is 0.0641. The van der Waals surface area contributed by atoms with Crippen molar-refractivity contribution < 1.29 is 23.1 Å². The van der Waals surface area contributed by atoms with Crippen LogP contribution >= 0.6 is 0 Å². The van der Waals surface area contributed by atoms with Gasteiger partial charge in [-0.2, -0.15) is 0 Å². The van der Waals surface area contributed by atoms with Gasteiger partial charge in [0, 0.05) is 38.5 Å². The van der Waals surface area contributed by atoms with Crippen molar-refractivity contribution in [1.29, 1.82) is 0 Å². The van der Waals surface area contributed by atoms with Crippen LogP contribution in [-0.4, -0.2) is 85.6 Å². The molecular formula is C12H23N3O5S. The van der Waals surface area contributed by atoms with Crippen molar-refractivity contribution >= 4 is 21.8 Å². The van der Waals surface area contributed by atoms with Gasteiger partial charge in [-0.05, 0) is 6.92 Å². The molecule has 1 saturated heterocycles. The number of carbonyl (C=O) groups excluding carboxylic acids is 1. The Morgan fingerprint density at radius 3 is 2.29 bits per heavy atom. The van der Waals surface area contributed by atoms with Crippen molar-refractivity contribution in [2.24, 2.45) is 0 Å². The first-order valence-electron chi connectivity index (χ1n) is 6.97. The molecule has 1 aliphatic heterocycles. The van der Waals surface area contributed by atoms with E-state index in [1.54, 1.807) is 23.6 Å². The first-order chi connectivity index (χ1) is 9.76. The normalized spacial score (nSPS) is 18.3. The SMILES string of the molecule is CCS(=O)(=O)CCNC(=O)N1CCN(C(C)C(=O)O)CC1. The predicted molar refractivity (Wildman–Crippen MR) is 78.0 cm³/mol. The summed E-state index contributed by atoms with van der Waals surface area (Å²) in [5.74, 6) is -0.877. The van der Waals surface area contributed by atoms with Gasteiger partial charge in [0.1, 0.15) is 6.04 Å². The zero-order valence-electron chi connectivity index (χ0n) is 12.4. The minimum atomic E-state index is -3.08. The maximum atomic E-state index is 11.9. The molecule has 0 saturated carbocycles. The number of rotatable bonds is 6. The molecule has 122 valence electrons. The Balaban J connectivity index is 2.34. The van der Waals surface area contributed by atoms with Gasteiger partial charge in [0.25, 0.3) is 0 Å². The van der Waals surface area contributed by atoms with Gasteiger partial charge < -0.3 is 15.3 Å². The summed E-state index contributed by atoms with van der Waals surface area (Å²) in [6.07, 6.45) is 0. The summed E-state index contributed by atoms with van der Waals surface area (Å²) in [7, 11) is -3.08. The Morgan fingerprint density at radius 2 is 1.81 bits per heavy atom. The van der Waals surface area contributed by atoms with Crippen molar-refractivity contribution in [3.63, 3.8) is 0 Å². The van der Waals surface area contributed by atoms with E-state index in [1.165, 1.54) is 0 Å². The Morgan fingerprint density at radius 1 is 1.24 bits per heavy atom. The van der Waals surface area contributed by atoms with E-state index < -0.39 is 21.8 Å². The van der Waals surface area contributed by atoms with E-state index in [9.17, 15) is 18.0 Å². The maximum absolute atomic E-state index is 11.9. The zero-order chi connectivity index (χ0) is 16.0. The highest BCUT2D eigenvalue weighted by atomic mass is 32.2. The highest BCUT2D eigenvalue weighted by Gasteiger charge is 2.27. The van der Waals surface area contributed by atoms with Gasteiger partial charge in [-0.15, -0.1) is 0 Å². The summed E-state index contributed by atoms with van der Waals surface area (Å²) >= 11 is 0. The molecule has 0 aromatic rings. The molecule has 2 N–H and O–H groups in total. The Bertz CT molecular complexity index is 471. The average Bonchev–Trinajstić information content (AvgIpc) is 2.46. The molecule has 1 rings (SSSR count). The number of aliphatic carboxylic acids is 1. The number of nitrogens with one attached hydrogen (secondary N) is 1. The number of amides is 2. The van der Waals surface area contributed by atoms with E-state index in [1.807, 2.05) is 0 Å². The maximum Gasteiger partial charge on any atom is 0.320 e. The van der Waals surface area contributed by atoms with Crippen molar-refractivity contribution in [3.8, 4) is 0 Å². The van der Waals surface area contributed by atoms with Gasteiger partial charge in [-0.25, -0.2) is 13.2 Å². The van der Waals surface area contributed by atoms with Crippen LogP contribution in [-0.2, 0) is 14.6 Å². The molecular weight excluding hydrogens is 298 g/mol. The zero-order valence-corrected chi connectivity index (χ0v) is 13.2. The monoisotopic (exact) mass is 321 g/mol. The summed E-state index contributed by atoms with van der Waals surface area (Å²) in [6, 6.07) is -0.867. The molecule has 0 aromatic carbocycles. The van der Waals surface area contributed by atoms with E-state index in [2.05, 4.69) is 5.32 Å². The molecule has 0 bridgehead atoms. The lowest BCUT2D eigenvalue weighted by Gasteiger charge is -2.36. The molecule has 0 radical (unpaired) electrons. The lowest BCUT2D eigenvalue weighted by molar-refractivity contribution is -0.143. The number of carboxylic acid groups (broad SMARTS) is 1. The summed E-state index contributed by atoms with van der Waals surface area (Å²) in [4.78, 5) is 26.1. The largest absolute Gasteiger partial charge is 0.480 e. The molecule has 1 aliphatic rings. The molecule has 9 heteroatoms. The highest BCUT2D eigenvalue weighted by Crippen LogP contribution is 2.06. The number of hydrogen-bond donors (Lipinski definition) is 2. The fourth-order valence-electron chi connectivity index (χ4n) is 2.04. The number of carbonyl (C=O) groups is 2. The Labute approximate surface area is 125 Å². The molecule has 1 fully saturated rings. The Hall–Kier alpha value is -1.35. The number of piperazine rings is 1. The van der Waals surface area contributed by atoms with Crippen molar-refractivity contribution in [1.82, 2.24) is 15.1 Å². The summed E-state index contributed by atoms with van der Waals surface area (Å²) in [6.45, 7) is 5.14. The van der Waals surface area contributed by atoms with Crippen LogP contribution < -0.4 is 5.32 Å². The van der Waals surface area contributed by atoms with Crippen LogP contribution in [0.25, 0.3) is 0 Å². The van der Waals surface area contributed by atoms with Crippen LogP contribution in [0.3, 0.4) is 0 Å². The predicted octanol–water partition coefficient (Wildman–Crippen LogP) is -0.779. The summed E-state index contributed by atoms with van der Waals surface area (Å²) in [5.41, 5.74) is 0. The van der Waals surface area contributed by atoms with Gasteiger partial charge in [0.15, 0.2) is 9.84 Å². The van der Waals surface area contributed by atoms with Crippen LogP contribution in [0, 0.1) is 0 Å². The molecule has 1 atom stereocenters. The number of carboxylic acids is 1. The van der Waals surface area contributed by atoms with Crippen LogP contribution in [0.4, 0.5) is 4.79 Å². The minimum Gasteiger partial charge on any atom is -0.480 e. The molecule has 2 amide bonds. The smallest absolute Gasteiger partial charge is 0.320 e. The highest BCUT2D eigenvalue weighted by molar-refractivity contribution is 7.91. The van der Waals surface area contributed by atoms with Gasteiger partial charge in [0.2, 0.25) is 0 Å². The fraction of sp³-hybridized carbons (Fsp3) is 0.833. The first-order valence-corrected chi connectivity index (χ1v) is 8.79. The van der Waals surface area contributed by atoms with Crippen LogP contribution in [0.5, 0.6) is 0 Å².